The van der Waals surface area contributed by atoms with Gasteiger partial charge in [-0.2, -0.15) is 0 Å². The van der Waals surface area contributed by atoms with Gasteiger partial charge in [0.05, 0.1) is 11.1 Å². The van der Waals surface area contributed by atoms with Gasteiger partial charge in [-0.15, -0.1) is 0 Å². The highest BCUT2D eigenvalue weighted by atomic mass is 35.5. The molecule has 3 aromatic rings. The van der Waals surface area contributed by atoms with E-state index in [2.05, 4.69) is 5.32 Å². The van der Waals surface area contributed by atoms with E-state index in [0.29, 0.717) is 21.3 Å². The van der Waals surface area contributed by atoms with E-state index in [9.17, 15) is 4.79 Å². The van der Waals surface area contributed by atoms with E-state index >= 15 is 0 Å². The van der Waals surface area contributed by atoms with E-state index in [1.165, 1.54) is 0 Å². The number of benzene rings is 2. The van der Waals surface area contributed by atoms with Crippen LogP contribution in [0.2, 0.25) is 10.0 Å². The van der Waals surface area contributed by atoms with Gasteiger partial charge in [-0.05, 0) is 30.3 Å². The van der Waals surface area contributed by atoms with E-state index in [-0.39, 0.29) is 5.91 Å². The largest absolute Gasteiger partial charge is 0.350 e. The number of carbonyl (C=O) groups is 1. The van der Waals surface area contributed by atoms with Gasteiger partial charge in [0, 0.05) is 34.4 Å². The lowest BCUT2D eigenvalue weighted by Gasteiger charge is -2.09. The third kappa shape index (κ3) is 2.75. The molecular weight excluding hydrogens is 307 g/mol. The summed E-state index contributed by atoms with van der Waals surface area (Å²) in [5.74, 6) is -0.194. The Bertz CT molecular complexity index is 819. The Kier molecular flexibility index (Phi) is 3.62. The number of nitrogens with one attached hydrogen (secondary N) is 1. The van der Waals surface area contributed by atoms with Gasteiger partial charge in [0.2, 0.25) is 0 Å². The molecule has 1 N–H and O–H groups in total. The average molecular weight is 319 g/mol. The predicted octanol–water partition coefficient (Wildman–Crippen LogP) is 4.74. The van der Waals surface area contributed by atoms with E-state index in [1.54, 1.807) is 24.3 Å². The van der Waals surface area contributed by atoms with Crippen LogP contribution in [0, 0.1) is 0 Å². The Hall–Kier alpha value is -1.97. The molecule has 3 nitrogen and oxygen atoms in total. The number of carbonyl (C=O) groups excluding carboxylic acids is 1. The van der Waals surface area contributed by atoms with Crippen LogP contribution in [0.5, 0.6) is 0 Å². The van der Waals surface area contributed by atoms with Crippen molar-refractivity contribution in [3.8, 4) is 0 Å². The molecule has 0 aliphatic carbocycles. The summed E-state index contributed by atoms with van der Waals surface area (Å²) in [6.45, 7) is 0. The van der Waals surface area contributed by atoms with Crippen molar-refractivity contribution in [1.82, 2.24) is 4.57 Å². The summed E-state index contributed by atoms with van der Waals surface area (Å²) in [6.07, 6.45) is 1.93. The number of amides is 1. The number of hydrogen-bond donors (Lipinski definition) is 1. The van der Waals surface area contributed by atoms with Crippen LogP contribution >= 0.6 is 23.2 Å². The first-order valence-corrected chi connectivity index (χ1v) is 7.12. The lowest BCUT2D eigenvalue weighted by atomic mass is 10.1. The fourth-order valence-electron chi connectivity index (χ4n) is 2.36. The fraction of sp³-hybridized carbons (Fsp3) is 0.0625. The first-order chi connectivity index (χ1) is 10.0. The van der Waals surface area contributed by atoms with Crippen LogP contribution in [0.15, 0.2) is 48.7 Å². The van der Waals surface area contributed by atoms with Crippen LogP contribution in [0.4, 0.5) is 5.69 Å². The van der Waals surface area contributed by atoms with Gasteiger partial charge in [0.25, 0.3) is 5.91 Å². The number of halogens is 2. The summed E-state index contributed by atoms with van der Waals surface area (Å²) in [7, 11) is 1.91. The second-order valence-electron chi connectivity index (χ2n) is 4.78. The van der Waals surface area contributed by atoms with Gasteiger partial charge in [0.1, 0.15) is 0 Å². The molecule has 106 valence electrons. The molecule has 0 saturated carbocycles. The van der Waals surface area contributed by atoms with Crippen LogP contribution in [0.3, 0.4) is 0 Å². The Balaban J connectivity index is 1.99. The number of para-hydroxylation sites is 1. The maximum atomic E-state index is 12.5. The van der Waals surface area contributed by atoms with Crippen molar-refractivity contribution in [2.75, 3.05) is 5.32 Å². The summed E-state index contributed by atoms with van der Waals surface area (Å²) >= 11 is 11.9. The number of aromatic nitrogens is 1. The molecule has 0 spiro atoms. The first-order valence-electron chi connectivity index (χ1n) is 6.36. The van der Waals surface area contributed by atoms with Gasteiger partial charge in [-0.1, -0.05) is 35.3 Å². The smallest absolute Gasteiger partial charge is 0.257 e. The molecule has 21 heavy (non-hydrogen) atoms. The number of nitrogens with zero attached hydrogens (tertiary/aromatic N) is 1. The quantitative estimate of drug-likeness (QED) is 0.727. The number of fused-ring (bicyclic) bond motifs is 1. The summed E-state index contributed by atoms with van der Waals surface area (Å²) in [6, 6.07) is 12.6. The molecule has 0 radical (unpaired) electrons. The van der Waals surface area contributed by atoms with Crippen LogP contribution in [0.25, 0.3) is 10.9 Å². The molecule has 0 fully saturated rings. The Morgan fingerprint density at radius 1 is 1.10 bits per heavy atom. The van der Waals surface area contributed by atoms with Crippen LogP contribution in [-0.2, 0) is 7.05 Å². The molecule has 0 saturated heterocycles. The molecule has 0 atom stereocenters. The Morgan fingerprint density at radius 2 is 1.81 bits per heavy atom. The Labute approximate surface area is 132 Å². The first kappa shape index (κ1) is 14.0. The highest BCUT2D eigenvalue weighted by Crippen LogP contribution is 2.24. The van der Waals surface area contributed by atoms with E-state index in [0.717, 1.165) is 10.9 Å². The number of aryl methyl sites for hydroxylation is 1. The van der Waals surface area contributed by atoms with Crippen LogP contribution in [-0.4, -0.2) is 10.5 Å². The van der Waals surface area contributed by atoms with Crippen LogP contribution < -0.4 is 5.32 Å². The van der Waals surface area contributed by atoms with Crippen molar-refractivity contribution in [3.63, 3.8) is 0 Å². The van der Waals surface area contributed by atoms with Gasteiger partial charge >= 0.3 is 0 Å². The fourth-order valence-corrected chi connectivity index (χ4v) is 2.89. The van der Waals surface area contributed by atoms with Gasteiger partial charge in [-0.25, -0.2) is 0 Å². The minimum atomic E-state index is -0.194. The van der Waals surface area contributed by atoms with Crippen molar-refractivity contribution in [3.05, 3.63) is 64.3 Å². The van der Waals surface area contributed by atoms with Crippen molar-refractivity contribution in [2.24, 2.45) is 7.05 Å². The number of anilines is 1. The van der Waals surface area contributed by atoms with Crippen molar-refractivity contribution in [2.45, 2.75) is 0 Å². The molecule has 5 heteroatoms. The molecule has 1 heterocycles. The number of rotatable bonds is 2. The zero-order chi connectivity index (χ0) is 15.0. The molecule has 0 unspecified atom stereocenters. The predicted molar refractivity (Wildman–Crippen MR) is 87.3 cm³/mol. The van der Waals surface area contributed by atoms with Gasteiger partial charge < -0.3 is 9.88 Å². The van der Waals surface area contributed by atoms with Crippen molar-refractivity contribution < 1.29 is 4.79 Å². The maximum absolute atomic E-state index is 12.5. The van der Waals surface area contributed by atoms with Crippen molar-refractivity contribution >= 4 is 45.7 Å². The van der Waals surface area contributed by atoms with E-state index in [1.807, 2.05) is 36.0 Å². The lowest BCUT2D eigenvalue weighted by molar-refractivity contribution is 0.102. The lowest BCUT2D eigenvalue weighted by Crippen LogP contribution is -2.13. The maximum Gasteiger partial charge on any atom is 0.257 e. The van der Waals surface area contributed by atoms with Gasteiger partial charge in [0.15, 0.2) is 0 Å². The minimum Gasteiger partial charge on any atom is -0.350 e. The standard InChI is InChI=1S/C16H12Cl2N2O/c1-20-6-5-10-3-2-4-14(15(10)20)16(21)19-13-8-11(17)7-12(18)9-13/h2-9H,1H3,(H,19,21). The molecule has 0 aliphatic rings. The van der Waals surface area contributed by atoms with Crippen LogP contribution in [0.1, 0.15) is 10.4 Å². The summed E-state index contributed by atoms with van der Waals surface area (Å²) < 4.78 is 1.93. The van der Waals surface area contributed by atoms with Gasteiger partial charge in [-0.3, -0.25) is 4.79 Å². The monoisotopic (exact) mass is 318 g/mol. The van der Waals surface area contributed by atoms with Crippen molar-refractivity contribution in [1.29, 1.82) is 0 Å². The minimum absolute atomic E-state index is 0.194. The molecule has 0 bridgehead atoms. The third-order valence-corrected chi connectivity index (χ3v) is 3.70. The average Bonchev–Trinajstić information content (AvgIpc) is 2.79. The highest BCUT2D eigenvalue weighted by molar-refractivity contribution is 6.35. The second-order valence-corrected chi connectivity index (χ2v) is 5.66. The topological polar surface area (TPSA) is 34.0 Å². The van der Waals surface area contributed by atoms with E-state index < -0.39 is 0 Å². The molecular formula is C16H12Cl2N2O. The number of hydrogen-bond acceptors (Lipinski definition) is 1. The zero-order valence-corrected chi connectivity index (χ0v) is 12.7. The summed E-state index contributed by atoms with van der Waals surface area (Å²) in [5, 5.41) is 4.81. The second kappa shape index (κ2) is 5.43. The third-order valence-electron chi connectivity index (χ3n) is 3.26. The highest BCUT2D eigenvalue weighted by Gasteiger charge is 2.13. The summed E-state index contributed by atoms with van der Waals surface area (Å²) in [4.78, 5) is 12.5. The summed E-state index contributed by atoms with van der Waals surface area (Å²) in [5.41, 5.74) is 2.07. The SMILES string of the molecule is Cn1ccc2cccc(C(=O)Nc3cc(Cl)cc(Cl)c3)c21. The molecule has 1 amide bonds. The normalized spacial score (nSPS) is 10.8. The van der Waals surface area contributed by atoms with E-state index in [4.69, 9.17) is 23.2 Å². The zero-order valence-electron chi connectivity index (χ0n) is 11.2. The molecule has 1 aromatic heterocycles. The Morgan fingerprint density at radius 3 is 2.52 bits per heavy atom. The molecule has 2 aromatic carbocycles. The molecule has 0 aliphatic heterocycles. The molecule has 3 rings (SSSR count).